The molecule has 1 atom stereocenters. The van der Waals surface area contributed by atoms with Gasteiger partial charge in [-0.05, 0) is 25.3 Å². The van der Waals surface area contributed by atoms with Crippen LogP contribution in [0.4, 0.5) is 0 Å². The van der Waals surface area contributed by atoms with Crippen molar-refractivity contribution >= 4 is 5.97 Å². The number of carboxylic acids is 1. The Labute approximate surface area is 118 Å². The lowest BCUT2D eigenvalue weighted by molar-refractivity contribution is -0.139. The van der Waals surface area contributed by atoms with Gasteiger partial charge in [-0.15, -0.1) is 0 Å². The van der Waals surface area contributed by atoms with Gasteiger partial charge in [0.1, 0.15) is 5.82 Å². The van der Waals surface area contributed by atoms with Crippen molar-refractivity contribution in [2.75, 3.05) is 0 Å². The third kappa shape index (κ3) is 2.33. The molecule has 1 N–H and O–H groups in total. The summed E-state index contributed by atoms with van der Waals surface area (Å²) in [6.07, 6.45) is 4.11. The summed E-state index contributed by atoms with van der Waals surface area (Å²) < 4.78 is 2.09. The maximum absolute atomic E-state index is 11.3. The highest BCUT2D eigenvalue weighted by Crippen LogP contribution is 2.29. The monoisotopic (exact) mass is 270 g/mol. The third-order valence-electron chi connectivity index (χ3n) is 3.94. The molecule has 0 saturated carbocycles. The van der Waals surface area contributed by atoms with Gasteiger partial charge in [-0.1, -0.05) is 29.8 Å². The Morgan fingerprint density at radius 3 is 3.10 bits per heavy atom. The molecule has 0 saturated heterocycles. The zero-order chi connectivity index (χ0) is 14.1. The van der Waals surface area contributed by atoms with Gasteiger partial charge in [-0.3, -0.25) is 4.79 Å². The van der Waals surface area contributed by atoms with Gasteiger partial charge in [0.2, 0.25) is 0 Å². The molecule has 2 aromatic rings. The lowest BCUT2D eigenvalue weighted by atomic mass is 9.96. The summed E-state index contributed by atoms with van der Waals surface area (Å²) in [5.74, 6) is -0.174. The minimum Gasteiger partial charge on any atom is -0.481 e. The molecular weight excluding hydrogens is 252 g/mol. The molecule has 3 rings (SSSR count). The van der Waals surface area contributed by atoms with E-state index in [1.165, 1.54) is 11.1 Å². The van der Waals surface area contributed by atoms with Crippen LogP contribution >= 0.6 is 0 Å². The van der Waals surface area contributed by atoms with E-state index in [2.05, 4.69) is 34.7 Å². The van der Waals surface area contributed by atoms with Crippen LogP contribution in [0.15, 0.2) is 30.5 Å². The van der Waals surface area contributed by atoms with Crippen LogP contribution in [0.5, 0.6) is 0 Å². The third-order valence-corrected chi connectivity index (χ3v) is 3.94. The van der Waals surface area contributed by atoms with Crippen LogP contribution in [0.2, 0.25) is 0 Å². The molecule has 0 spiro atoms. The Bertz CT molecular complexity index is 646. The van der Waals surface area contributed by atoms with Crippen molar-refractivity contribution in [2.24, 2.45) is 0 Å². The first-order chi connectivity index (χ1) is 9.65. The number of fused-ring (bicyclic) bond motifs is 1. The topological polar surface area (TPSA) is 55.1 Å². The summed E-state index contributed by atoms with van der Waals surface area (Å²) >= 11 is 0. The van der Waals surface area contributed by atoms with E-state index in [0.29, 0.717) is 6.42 Å². The second-order valence-electron chi connectivity index (χ2n) is 5.45. The van der Waals surface area contributed by atoms with Gasteiger partial charge in [-0.2, -0.15) is 0 Å². The summed E-state index contributed by atoms with van der Waals surface area (Å²) in [5.41, 5.74) is 3.30. The predicted molar refractivity (Wildman–Crippen MR) is 75.8 cm³/mol. The number of benzene rings is 1. The molecule has 0 fully saturated rings. The number of imidazole rings is 1. The minimum atomic E-state index is -0.743. The maximum atomic E-state index is 11.3. The van der Waals surface area contributed by atoms with Gasteiger partial charge in [-0.25, -0.2) is 4.98 Å². The molecule has 1 aliphatic heterocycles. The molecule has 4 heteroatoms. The molecule has 0 aliphatic carbocycles. The normalized spacial score (nSPS) is 17.8. The summed E-state index contributed by atoms with van der Waals surface area (Å²) in [5, 5.41) is 9.28. The fraction of sp³-hybridized carbons (Fsp3) is 0.375. The van der Waals surface area contributed by atoms with Crippen molar-refractivity contribution in [2.45, 2.75) is 38.6 Å². The molecule has 1 aromatic heterocycles. The van der Waals surface area contributed by atoms with E-state index in [-0.39, 0.29) is 0 Å². The molecule has 1 aromatic carbocycles. The van der Waals surface area contributed by atoms with Crippen LogP contribution in [0.1, 0.15) is 41.4 Å². The number of rotatable bonds is 3. The first kappa shape index (κ1) is 12.9. The zero-order valence-electron chi connectivity index (χ0n) is 11.5. The molecule has 20 heavy (non-hydrogen) atoms. The molecule has 104 valence electrons. The molecule has 1 unspecified atom stereocenters. The summed E-state index contributed by atoms with van der Waals surface area (Å²) in [7, 11) is 0. The zero-order valence-corrected chi connectivity index (χ0v) is 11.5. The van der Waals surface area contributed by atoms with E-state index in [9.17, 15) is 9.90 Å². The Morgan fingerprint density at radius 2 is 2.35 bits per heavy atom. The first-order valence-electron chi connectivity index (χ1n) is 6.98. The Morgan fingerprint density at radius 1 is 1.50 bits per heavy atom. The number of hydrogen-bond acceptors (Lipinski definition) is 2. The Balaban J connectivity index is 1.91. The maximum Gasteiger partial charge on any atom is 0.312 e. The van der Waals surface area contributed by atoms with Gasteiger partial charge in [0.05, 0.1) is 11.6 Å². The quantitative estimate of drug-likeness (QED) is 0.933. The minimum absolute atomic E-state index is 0.400. The highest BCUT2D eigenvalue weighted by atomic mass is 16.4. The van der Waals surface area contributed by atoms with Crippen LogP contribution < -0.4 is 0 Å². The molecule has 0 radical (unpaired) electrons. The highest BCUT2D eigenvalue weighted by molar-refractivity contribution is 5.75. The van der Waals surface area contributed by atoms with E-state index in [0.717, 1.165) is 30.9 Å². The smallest absolute Gasteiger partial charge is 0.312 e. The largest absolute Gasteiger partial charge is 0.481 e. The first-order valence-corrected chi connectivity index (χ1v) is 6.98. The number of carboxylic acid groups (broad SMARTS) is 1. The van der Waals surface area contributed by atoms with Crippen molar-refractivity contribution in [1.82, 2.24) is 9.55 Å². The molecule has 2 heterocycles. The number of aromatic nitrogens is 2. The van der Waals surface area contributed by atoms with E-state index >= 15 is 0 Å². The second-order valence-corrected chi connectivity index (χ2v) is 5.45. The molecular formula is C16H18N2O2. The van der Waals surface area contributed by atoms with E-state index in [4.69, 9.17) is 0 Å². The highest BCUT2D eigenvalue weighted by Gasteiger charge is 2.28. The number of aryl methyl sites for hydroxylation is 1. The van der Waals surface area contributed by atoms with Crippen LogP contribution in [0, 0.1) is 6.92 Å². The lowest BCUT2D eigenvalue weighted by Crippen LogP contribution is -2.22. The molecule has 1 aliphatic rings. The van der Waals surface area contributed by atoms with Crippen LogP contribution in [-0.4, -0.2) is 20.6 Å². The van der Waals surface area contributed by atoms with Crippen molar-refractivity contribution < 1.29 is 9.90 Å². The Kier molecular flexibility index (Phi) is 3.30. The van der Waals surface area contributed by atoms with Crippen molar-refractivity contribution in [1.29, 1.82) is 0 Å². The van der Waals surface area contributed by atoms with Crippen LogP contribution in [0.25, 0.3) is 0 Å². The molecule has 0 bridgehead atoms. The van der Waals surface area contributed by atoms with Gasteiger partial charge in [0.15, 0.2) is 0 Å². The Hall–Kier alpha value is -2.10. The average molecular weight is 270 g/mol. The second kappa shape index (κ2) is 5.12. The van der Waals surface area contributed by atoms with Crippen molar-refractivity contribution in [3.05, 3.63) is 53.1 Å². The van der Waals surface area contributed by atoms with Crippen molar-refractivity contribution in [3.63, 3.8) is 0 Å². The predicted octanol–water partition coefficient (Wildman–Crippen LogP) is 2.74. The number of hydrogen-bond donors (Lipinski definition) is 1. The van der Waals surface area contributed by atoms with E-state index in [1.807, 2.05) is 6.07 Å². The van der Waals surface area contributed by atoms with Gasteiger partial charge >= 0.3 is 5.97 Å². The lowest BCUT2D eigenvalue weighted by Gasteiger charge is -2.22. The number of carbonyl (C=O) groups is 1. The van der Waals surface area contributed by atoms with Crippen LogP contribution in [0.3, 0.4) is 0 Å². The SMILES string of the molecule is Cc1cccc(Cc2ncc3n2CCCC3C(=O)O)c1. The standard InChI is InChI=1S/C16H18N2O2/c1-11-4-2-5-12(8-11)9-15-17-10-14-13(16(19)20)6-3-7-18(14)15/h2,4-5,8,10,13H,3,6-7,9H2,1H3,(H,19,20). The van der Waals surface area contributed by atoms with Gasteiger partial charge in [0.25, 0.3) is 0 Å². The fourth-order valence-electron chi connectivity index (χ4n) is 2.96. The summed E-state index contributed by atoms with van der Waals surface area (Å²) in [6, 6.07) is 8.36. The molecule has 0 amide bonds. The molecule has 4 nitrogen and oxygen atoms in total. The van der Waals surface area contributed by atoms with Crippen molar-refractivity contribution in [3.8, 4) is 0 Å². The fourth-order valence-corrected chi connectivity index (χ4v) is 2.96. The van der Waals surface area contributed by atoms with Gasteiger partial charge in [0, 0.05) is 19.2 Å². The van der Waals surface area contributed by atoms with E-state index < -0.39 is 11.9 Å². The van der Waals surface area contributed by atoms with E-state index in [1.54, 1.807) is 6.20 Å². The average Bonchev–Trinajstić information content (AvgIpc) is 2.82. The number of nitrogens with zero attached hydrogens (tertiary/aromatic N) is 2. The van der Waals surface area contributed by atoms with Gasteiger partial charge < -0.3 is 9.67 Å². The van der Waals surface area contributed by atoms with Crippen LogP contribution in [-0.2, 0) is 17.8 Å². The summed E-state index contributed by atoms with van der Waals surface area (Å²) in [6.45, 7) is 2.95. The number of aliphatic carboxylic acids is 1. The summed E-state index contributed by atoms with van der Waals surface area (Å²) in [4.78, 5) is 15.7.